The van der Waals surface area contributed by atoms with Gasteiger partial charge in [0.25, 0.3) is 0 Å². The van der Waals surface area contributed by atoms with Crippen LogP contribution in [0.5, 0.6) is 5.75 Å². The van der Waals surface area contributed by atoms with Crippen LogP contribution in [0.25, 0.3) is 10.8 Å². The molecule has 1 aliphatic heterocycles. The Morgan fingerprint density at radius 2 is 1.91 bits per heavy atom. The maximum absolute atomic E-state index is 5.72. The molecule has 114 valence electrons. The molecule has 0 amide bonds. The molecular weight excluding hydrogens is 288 g/mol. The van der Waals surface area contributed by atoms with Gasteiger partial charge in [-0.1, -0.05) is 24.3 Å². The van der Waals surface area contributed by atoms with Crippen LogP contribution < -0.4 is 4.74 Å². The molecule has 4 nitrogen and oxygen atoms in total. The monoisotopic (exact) mass is 304 g/mol. The van der Waals surface area contributed by atoms with Crippen LogP contribution >= 0.6 is 0 Å². The maximum Gasteiger partial charge on any atom is 0.236 e. The van der Waals surface area contributed by atoms with E-state index in [0.717, 1.165) is 22.4 Å². The summed E-state index contributed by atoms with van der Waals surface area (Å²) in [4.78, 5) is 8.96. The predicted octanol–water partition coefficient (Wildman–Crippen LogP) is 3.76. The van der Waals surface area contributed by atoms with Gasteiger partial charge in [0.15, 0.2) is 0 Å². The van der Waals surface area contributed by atoms with Crippen molar-refractivity contribution < 1.29 is 9.47 Å². The molecule has 0 spiro atoms. The molecule has 0 radical (unpaired) electrons. The van der Waals surface area contributed by atoms with Crippen LogP contribution in [0.15, 0.2) is 65.8 Å². The van der Waals surface area contributed by atoms with E-state index in [4.69, 9.17) is 9.47 Å². The van der Waals surface area contributed by atoms with Gasteiger partial charge in [0.1, 0.15) is 24.1 Å². The van der Waals surface area contributed by atoms with Crippen LogP contribution in [0.4, 0.5) is 0 Å². The van der Waals surface area contributed by atoms with Crippen molar-refractivity contribution in [3.63, 3.8) is 0 Å². The number of ether oxygens (including phenoxy) is 2. The Balaban J connectivity index is 1.66. The molecule has 0 unspecified atom stereocenters. The number of pyridine rings is 1. The van der Waals surface area contributed by atoms with Crippen molar-refractivity contribution in [3.8, 4) is 5.75 Å². The molecule has 0 saturated carbocycles. The summed E-state index contributed by atoms with van der Waals surface area (Å²) in [6.07, 6.45) is 1.75. The number of rotatable bonds is 3. The summed E-state index contributed by atoms with van der Waals surface area (Å²) in [7, 11) is 1.68. The Morgan fingerprint density at radius 3 is 2.74 bits per heavy atom. The number of hydrogen-bond donors (Lipinski definition) is 0. The fourth-order valence-electron chi connectivity index (χ4n) is 2.75. The quantitative estimate of drug-likeness (QED) is 0.740. The lowest BCUT2D eigenvalue weighted by molar-refractivity contribution is 0.319. The standard InChI is InChI=1S/C19H16N2O2/c1-22-16-8-7-13-10-15(6-5-14(13)11-16)18-12-23-19(21-18)17-4-2-3-9-20-17/h2-11,18H,12H2,1H3/t18-/m1/s1. The highest BCUT2D eigenvalue weighted by atomic mass is 16.5. The summed E-state index contributed by atoms with van der Waals surface area (Å²) < 4.78 is 11.0. The lowest BCUT2D eigenvalue weighted by Gasteiger charge is -2.08. The van der Waals surface area contributed by atoms with Gasteiger partial charge in [0.05, 0.1) is 7.11 Å². The maximum atomic E-state index is 5.72. The van der Waals surface area contributed by atoms with Crippen LogP contribution in [0.3, 0.4) is 0 Å². The minimum atomic E-state index is 0.0125. The molecule has 1 atom stereocenters. The van der Waals surface area contributed by atoms with Crippen molar-refractivity contribution in [3.05, 3.63) is 72.1 Å². The Kier molecular flexibility index (Phi) is 3.42. The molecule has 2 aromatic carbocycles. The van der Waals surface area contributed by atoms with Gasteiger partial charge < -0.3 is 9.47 Å². The molecule has 4 rings (SSSR count). The minimum absolute atomic E-state index is 0.0125. The second-order valence-corrected chi connectivity index (χ2v) is 5.45. The lowest BCUT2D eigenvalue weighted by atomic mass is 10.0. The van der Waals surface area contributed by atoms with Crippen LogP contribution in [-0.4, -0.2) is 24.6 Å². The van der Waals surface area contributed by atoms with Crippen LogP contribution in [0.2, 0.25) is 0 Å². The Morgan fingerprint density at radius 1 is 1.04 bits per heavy atom. The molecule has 3 aromatic rings. The number of fused-ring (bicyclic) bond motifs is 1. The van der Waals surface area contributed by atoms with Gasteiger partial charge in [-0.05, 0) is 46.7 Å². The third-order valence-electron chi connectivity index (χ3n) is 3.99. The smallest absolute Gasteiger partial charge is 0.236 e. The highest BCUT2D eigenvalue weighted by Crippen LogP contribution is 2.29. The van der Waals surface area contributed by atoms with Gasteiger partial charge in [-0.15, -0.1) is 0 Å². The normalized spacial score (nSPS) is 16.9. The Bertz CT molecular complexity index is 875. The van der Waals surface area contributed by atoms with E-state index >= 15 is 0 Å². The zero-order valence-electron chi connectivity index (χ0n) is 12.8. The average molecular weight is 304 g/mol. The number of benzene rings is 2. The van der Waals surface area contributed by atoms with Gasteiger partial charge in [0.2, 0.25) is 5.90 Å². The number of hydrogen-bond acceptors (Lipinski definition) is 4. The van der Waals surface area contributed by atoms with Crippen molar-refractivity contribution >= 4 is 16.7 Å². The summed E-state index contributed by atoms with van der Waals surface area (Å²) in [6, 6.07) is 18.2. The van der Waals surface area contributed by atoms with Crippen LogP contribution in [0, 0.1) is 0 Å². The first-order valence-corrected chi connectivity index (χ1v) is 7.53. The van der Waals surface area contributed by atoms with E-state index in [2.05, 4.69) is 34.2 Å². The molecule has 4 heteroatoms. The molecule has 0 N–H and O–H groups in total. The van der Waals surface area contributed by atoms with E-state index in [1.54, 1.807) is 13.3 Å². The van der Waals surface area contributed by atoms with Crippen molar-refractivity contribution in [2.45, 2.75) is 6.04 Å². The van der Waals surface area contributed by atoms with E-state index in [1.807, 2.05) is 30.3 Å². The third kappa shape index (κ3) is 2.63. The van der Waals surface area contributed by atoms with Crippen LogP contribution in [-0.2, 0) is 4.74 Å². The Hall–Kier alpha value is -2.88. The van der Waals surface area contributed by atoms with E-state index in [1.165, 1.54) is 5.39 Å². The van der Waals surface area contributed by atoms with E-state index in [-0.39, 0.29) is 6.04 Å². The van der Waals surface area contributed by atoms with Crippen molar-refractivity contribution in [2.24, 2.45) is 4.99 Å². The zero-order valence-corrected chi connectivity index (χ0v) is 12.8. The number of aliphatic imine (C=N–C) groups is 1. The van der Waals surface area contributed by atoms with E-state index in [0.29, 0.717) is 12.5 Å². The second-order valence-electron chi connectivity index (χ2n) is 5.45. The van der Waals surface area contributed by atoms with Crippen molar-refractivity contribution in [2.75, 3.05) is 13.7 Å². The SMILES string of the molecule is COc1ccc2cc([C@H]3COC(c4ccccn4)=N3)ccc2c1. The van der Waals surface area contributed by atoms with Crippen molar-refractivity contribution in [1.82, 2.24) is 4.98 Å². The summed E-state index contributed by atoms with van der Waals surface area (Å²) in [5.41, 5.74) is 1.93. The third-order valence-corrected chi connectivity index (χ3v) is 3.99. The highest BCUT2D eigenvalue weighted by molar-refractivity contribution is 5.93. The predicted molar refractivity (Wildman–Crippen MR) is 90.0 cm³/mol. The van der Waals surface area contributed by atoms with Gasteiger partial charge in [-0.3, -0.25) is 4.98 Å². The summed E-state index contributed by atoms with van der Waals surface area (Å²) >= 11 is 0. The average Bonchev–Trinajstić information content (AvgIpc) is 3.11. The van der Waals surface area contributed by atoms with Gasteiger partial charge in [0, 0.05) is 6.20 Å². The molecule has 2 heterocycles. The fraction of sp³-hybridized carbons (Fsp3) is 0.158. The highest BCUT2D eigenvalue weighted by Gasteiger charge is 2.22. The van der Waals surface area contributed by atoms with E-state index < -0.39 is 0 Å². The van der Waals surface area contributed by atoms with Crippen molar-refractivity contribution in [1.29, 1.82) is 0 Å². The molecule has 0 saturated heterocycles. The summed E-state index contributed by atoms with van der Waals surface area (Å²) in [5, 5.41) is 2.32. The topological polar surface area (TPSA) is 43.7 Å². The summed E-state index contributed by atoms with van der Waals surface area (Å²) in [6.45, 7) is 0.549. The molecule has 0 bridgehead atoms. The molecule has 1 aromatic heterocycles. The minimum Gasteiger partial charge on any atom is -0.497 e. The van der Waals surface area contributed by atoms with Gasteiger partial charge in [-0.2, -0.15) is 0 Å². The first-order valence-electron chi connectivity index (χ1n) is 7.53. The first kappa shape index (κ1) is 13.8. The van der Waals surface area contributed by atoms with Gasteiger partial charge in [-0.25, -0.2) is 4.99 Å². The fourth-order valence-corrected chi connectivity index (χ4v) is 2.75. The molecule has 0 aliphatic carbocycles. The molecule has 23 heavy (non-hydrogen) atoms. The van der Waals surface area contributed by atoms with Gasteiger partial charge >= 0.3 is 0 Å². The number of methoxy groups -OCH3 is 1. The first-order chi connectivity index (χ1) is 11.3. The number of aromatic nitrogens is 1. The Labute approximate surface area is 134 Å². The zero-order chi connectivity index (χ0) is 15.6. The largest absolute Gasteiger partial charge is 0.497 e. The lowest BCUT2D eigenvalue weighted by Crippen LogP contribution is -2.03. The molecule has 0 fully saturated rings. The second kappa shape index (κ2) is 5.72. The van der Waals surface area contributed by atoms with E-state index in [9.17, 15) is 0 Å². The summed E-state index contributed by atoms with van der Waals surface area (Å²) in [5.74, 6) is 1.48. The number of nitrogens with zero attached hydrogens (tertiary/aromatic N) is 2. The van der Waals surface area contributed by atoms with Crippen LogP contribution in [0.1, 0.15) is 17.3 Å². The molecule has 1 aliphatic rings. The molecular formula is C19H16N2O2.